The van der Waals surface area contributed by atoms with E-state index in [1.807, 2.05) is 0 Å². The number of thiocarbonyl (C=S) groups is 1. The molecule has 0 saturated carbocycles. The highest BCUT2D eigenvalue weighted by Crippen LogP contribution is 2.10. The number of ether oxygens (including phenoxy) is 1. The Balaban J connectivity index is 1.90. The van der Waals surface area contributed by atoms with Crippen LogP contribution in [0.1, 0.15) is 71.1 Å². The summed E-state index contributed by atoms with van der Waals surface area (Å²) < 4.78 is 5.49. The number of carbonyl (C=O) groups is 1. The second kappa shape index (κ2) is 12.6. The Hall–Kier alpha value is -0.880. The molecule has 0 aromatic carbocycles. The Labute approximate surface area is 139 Å². The number of amides is 1. The Bertz CT molecular complexity index is 321. The quantitative estimate of drug-likeness (QED) is 0.327. The number of carbonyl (C=O) groups excluding carboxylic acids is 1. The molecule has 0 aromatic heterocycles. The van der Waals surface area contributed by atoms with Gasteiger partial charge in [-0.2, -0.15) is 0 Å². The van der Waals surface area contributed by atoms with E-state index < -0.39 is 0 Å². The van der Waals surface area contributed by atoms with Gasteiger partial charge in [-0.3, -0.25) is 15.6 Å². The van der Waals surface area contributed by atoms with Crippen LogP contribution in [-0.2, 0) is 9.53 Å². The van der Waals surface area contributed by atoms with Gasteiger partial charge < -0.3 is 10.1 Å². The average Bonchev–Trinajstić information content (AvgIpc) is 3.03. The molecule has 1 atom stereocenters. The minimum Gasteiger partial charge on any atom is -0.376 e. The SMILES string of the molecule is CCCCCCCCCC(=O)NNC(=S)NC[C@H]1CCCO1. The van der Waals surface area contributed by atoms with Crippen LogP contribution in [0.15, 0.2) is 0 Å². The minimum absolute atomic E-state index is 0.00479. The third-order valence-electron chi connectivity index (χ3n) is 3.84. The van der Waals surface area contributed by atoms with Gasteiger partial charge in [-0.05, 0) is 31.5 Å². The molecule has 6 heteroatoms. The molecule has 1 amide bonds. The third kappa shape index (κ3) is 9.95. The van der Waals surface area contributed by atoms with E-state index in [2.05, 4.69) is 23.1 Å². The molecule has 128 valence electrons. The number of nitrogens with one attached hydrogen (secondary N) is 3. The van der Waals surface area contributed by atoms with E-state index in [1.165, 1.54) is 32.1 Å². The van der Waals surface area contributed by atoms with Gasteiger partial charge in [-0.25, -0.2) is 0 Å². The van der Waals surface area contributed by atoms with Crippen molar-refractivity contribution in [3.8, 4) is 0 Å². The molecule has 1 rings (SSSR count). The van der Waals surface area contributed by atoms with Crippen molar-refractivity contribution in [2.75, 3.05) is 13.2 Å². The lowest BCUT2D eigenvalue weighted by Gasteiger charge is -2.14. The molecule has 1 aliphatic rings. The number of hydrogen-bond donors (Lipinski definition) is 3. The zero-order valence-corrected chi connectivity index (χ0v) is 14.6. The molecular weight excluding hydrogens is 298 g/mol. The summed E-state index contributed by atoms with van der Waals surface area (Å²) >= 11 is 5.11. The van der Waals surface area contributed by atoms with Crippen LogP contribution in [0.2, 0.25) is 0 Å². The fraction of sp³-hybridized carbons (Fsp3) is 0.875. The van der Waals surface area contributed by atoms with Crippen LogP contribution < -0.4 is 16.2 Å². The van der Waals surface area contributed by atoms with Gasteiger partial charge in [-0.15, -0.1) is 0 Å². The molecule has 1 heterocycles. The van der Waals surface area contributed by atoms with Crippen LogP contribution in [0.5, 0.6) is 0 Å². The van der Waals surface area contributed by atoms with Gasteiger partial charge in [0.15, 0.2) is 5.11 Å². The lowest BCUT2D eigenvalue weighted by atomic mass is 10.1. The summed E-state index contributed by atoms with van der Waals surface area (Å²) in [5, 5.41) is 3.50. The second-order valence-corrected chi connectivity index (χ2v) is 6.30. The van der Waals surface area contributed by atoms with E-state index in [-0.39, 0.29) is 12.0 Å². The summed E-state index contributed by atoms with van der Waals surface area (Å²) in [6.45, 7) is 3.75. The third-order valence-corrected chi connectivity index (χ3v) is 4.08. The van der Waals surface area contributed by atoms with Crippen LogP contribution in [0.4, 0.5) is 0 Å². The molecule has 0 aromatic rings. The highest BCUT2D eigenvalue weighted by Gasteiger charge is 2.15. The number of hydrazine groups is 1. The molecule has 1 saturated heterocycles. The fourth-order valence-corrected chi connectivity index (χ4v) is 2.62. The molecule has 0 spiro atoms. The first-order valence-electron chi connectivity index (χ1n) is 8.66. The van der Waals surface area contributed by atoms with Crippen molar-refractivity contribution in [3.05, 3.63) is 0 Å². The van der Waals surface area contributed by atoms with Crippen LogP contribution >= 0.6 is 12.2 Å². The van der Waals surface area contributed by atoms with Crippen molar-refractivity contribution in [2.24, 2.45) is 0 Å². The van der Waals surface area contributed by atoms with E-state index in [1.54, 1.807) is 0 Å². The van der Waals surface area contributed by atoms with Crippen LogP contribution in [0.25, 0.3) is 0 Å². The smallest absolute Gasteiger partial charge is 0.238 e. The van der Waals surface area contributed by atoms with E-state index in [0.717, 1.165) is 32.3 Å². The summed E-state index contributed by atoms with van der Waals surface area (Å²) in [7, 11) is 0. The molecule has 0 bridgehead atoms. The van der Waals surface area contributed by atoms with Crippen molar-refractivity contribution < 1.29 is 9.53 Å². The van der Waals surface area contributed by atoms with Crippen LogP contribution in [0.3, 0.4) is 0 Å². The summed E-state index contributed by atoms with van der Waals surface area (Å²) in [5.41, 5.74) is 5.38. The van der Waals surface area contributed by atoms with Crippen molar-refractivity contribution in [2.45, 2.75) is 77.2 Å². The summed E-state index contributed by atoms with van der Waals surface area (Å²) in [5.74, 6) is -0.00479. The van der Waals surface area contributed by atoms with E-state index in [0.29, 0.717) is 18.1 Å². The van der Waals surface area contributed by atoms with Crippen LogP contribution in [0, 0.1) is 0 Å². The second-order valence-electron chi connectivity index (χ2n) is 5.89. The van der Waals surface area contributed by atoms with Crippen molar-refractivity contribution in [1.29, 1.82) is 0 Å². The molecule has 22 heavy (non-hydrogen) atoms. The largest absolute Gasteiger partial charge is 0.376 e. The lowest BCUT2D eigenvalue weighted by Crippen LogP contribution is -2.48. The van der Waals surface area contributed by atoms with Gasteiger partial charge in [-0.1, -0.05) is 45.4 Å². The van der Waals surface area contributed by atoms with E-state index in [4.69, 9.17) is 17.0 Å². The Kier molecular flexibility index (Phi) is 11.0. The molecule has 3 N–H and O–H groups in total. The summed E-state index contributed by atoms with van der Waals surface area (Å²) in [4.78, 5) is 11.7. The van der Waals surface area contributed by atoms with Gasteiger partial charge in [0.25, 0.3) is 0 Å². The topological polar surface area (TPSA) is 62.4 Å². The van der Waals surface area contributed by atoms with Gasteiger partial charge in [0.2, 0.25) is 5.91 Å². The zero-order valence-electron chi connectivity index (χ0n) is 13.8. The highest BCUT2D eigenvalue weighted by atomic mass is 32.1. The highest BCUT2D eigenvalue weighted by molar-refractivity contribution is 7.80. The monoisotopic (exact) mass is 329 g/mol. The normalized spacial score (nSPS) is 17.2. The Morgan fingerprint density at radius 2 is 1.86 bits per heavy atom. The maximum Gasteiger partial charge on any atom is 0.238 e. The Morgan fingerprint density at radius 1 is 1.14 bits per heavy atom. The summed E-state index contributed by atoms with van der Waals surface area (Å²) in [6, 6.07) is 0. The van der Waals surface area contributed by atoms with Crippen molar-refractivity contribution >= 4 is 23.2 Å². The maximum atomic E-state index is 11.7. The van der Waals surface area contributed by atoms with E-state index >= 15 is 0 Å². The van der Waals surface area contributed by atoms with Gasteiger partial charge in [0.05, 0.1) is 6.10 Å². The first-order valence-corrected chi connectivity index (χ1v) is 9.07. The Morgan fingerprint density at radius 3 is 2.55 bits per heavy atom. The molecule has 1 aliphatic heterocycles. The molecule has 0 aliphatic carbocycles. The standard InChI is InChI=1S/C16H31N3O2S/c1-2-3-4-5-6-7-8-11-15(20)18-19-16(22)17-13-14-10-9-12-21-14/h14H,2-13H2,1H3,(H,18,20)(H2,17,19,22)/t14-/m1/s1. The number of hydrogen-bond acceptors (Lipinski definition) is 3. The predicted molar refractivity (Wildman–Crippen MR) is 93.5 cm³/mol. The molecule has 0 unspecified atom stereocenters. The molecule has 0 radical (unpaired) electrons. The van der Waals surface area contributed by atoms with Gasteiger partial charge in [0.1, 0.15) is 0 Å². The minimum atomic E-state index is -0.00479. The maximum absolute atomic E-state index is 11.7. The first kappa shape index (κ1) is 19.2. The zero-order chi connectivity index (χ0) is 16.0. The number of unbranched alkanes of at least 4 members (excludes halogenated alkanes) is 6. The van der Waals surface area contributed by atoms with Crippen LogP contribution in [-0.4, -0.2) is 30.3 Å². The van der Waals surface area contributed by atoms with E-state index in [9.17, 15) is 4.79 Å². The summed E-state index contributed by atoms with van der Waals surface area (Å²) in [6.07, 6.45) is 11.5. The number of rotatable bonds is 10. The molecular formula is C16H31N3O2S. The molecule has 5 nitrogen and oxygen atoms in total. The molecule has 1 fully saturated rings. The first-order chi connectivity index (χ1) is 10.7. The lowest BCUT2D eigenvalue weighted by molar-refractivity contribution is -0.121. The van der Waals surface area contributed by atoms with Crippen molar-refractivity contribution in [1.82, 2.24) is 16.2 Å². The fourth-order valence-electron chi connectivity index (χ4n) is 2.49. The van der Waals surface area contributed by atoms with Gasteiger partial charge in [0, 0.05) is 19.6 Å². The van der Waals surface area contributed by atoms with Crippen molar-refractivity contribution in [3.63, 3.8) is 0 Å². The predicted octanol–water partition coefficient (Wildman–Crippen LogP) is 2.80. The average molecular weight is 330 g/mol. The van der Waals surface area contributed by atoms with Gasteiger partial charge >= 0.3 is 0 Å².